The van der Waals surface area contributed by atoms with Gasteiger partial charge in [0.15, 0.2) is 0 Å². The number of hydrogen-bond acceptors (Lipinski definition) is 5. The van der Waals surface area contributed by atoms with Gasteiger partial charge in [0.1, 0.15) is 5.75 Å². The zero-order chi connectivity index (χ0) is 19.2. The zero-order valence-electron chi connectivity index (χ0n) is 15.3. The van der Waals surface area contributed by atoms with Gasteiger partial charge in [0.25, 0.3) is 11.6 Å². The largest absolute Gasteiger partial charge is 0.496 e. The highest BCUT2D eigenvalue weighted by molar-refractivity contribution is 6.00. The van der Waals surface area contributed by atoms with Crippen LogP contribution in [0.4, 0.5) is 11.4 Å². The molecule has 1 fully saturated rings. The van der Waals surface area contributed by atoms with Crippen LogP contribution >= 0.6 is 0 Å². The maximum absolute atomic E-state index is 12.9. The third-order valence-electron chi connectivity index (χ3n) is 4.76. The van der Waals surface area contributed by atoms with E-state index < -0.39 is 4.92 Å². The number of amides is 1. The van der Waals surface area contributed by atoms with Gasteiger partial charge in [0.05, 0.1) is 23.3 Å². The molecule has 1 N–H and O–H groups in total. The van der Waals surface area contributed by atoms with E-state index in [1.807, 2.05) is 24.3 Å². The van der Waals surface area contributed by atoms with Crippen molar-refractivity contribution in [2.75, 3.05) is 25.1 Å². The minimum atomic E-state index is -0.475. The molecule has 1 amide bonds. The van der Waals surface area contributed by atoms with Crippen LogP contribution in [0, 0.1) is 10.1 Å². The Morgan fingerprint density at radius 2 is 1.93 bits per heavy atom. The lowest BCUT2D eigenvalue weighted by Crippen LogP contribution is -2.32. The molecule has 0 aromatic heterocycles. The van der Waals surface area contributed by atoms with Gasteiger partial charge < -0.3 is 15.0 Å². The molecule has 0 radical (unpaired) electrons. The summed E-state index contributed by atoms with van der Waals surface area (Å²) >= 11 is 0. The number of ether oxygens (including phenoxy) is 1. The Morgan fingerprint density at radius 1 is 1.19 bits per heavy atom. The first kappa shape index (κ1) is 18.7. The number of hydrogen-bond donors (Lipinski definition) is 1. The van der Waals surface area contributed by atoms with Gasteiger partial charge in [0.2, 0.25) is 0 Å². The maximum atomic E-state index is 12.9. The van der Waals surface area contributed by atoms with Crippen molar-refractivity contribution in [3.8, 4) is 5.75 Å². The third-order valence-corrected chi connectivity index (χ3v) is 4.76. The SMILES string of the molecule is COc1ccccc1CNC(=O)c1cc([N+](=O)[O-])ccc1N1CCCCC1. The lowest BCUT2D eigenvalue weighted by atomic mass is 10.1. The van der Waals surface area contributed by atoms with Crippen LogP contribution < -0.4 is 15.0 Å². The minimum absolute atomic E-state index is 0.0850. The predicted octanol–water partition coefficient (Wildman–Crippen LogP) is 3.52. The van der Waals surface area contributed by atoms with Crippen LogP contribution in [-0.4, -0.2) is 31.0 Å². The number of methoxy groups -OCH3 is 1. The van der Waals surface area contributed by atoms with Crippen LogP contribution in [0.1, 0.15) is 35.2 Å². The number of nitrogens with zero attached hydrogens (tertiary/aromatic N) is 2. The van der Waals surface area contributed by atoms with Gasteiger partial charge >= 0.3 is 0 Å². The fourth-order valence-corrected chi connectivity index (χ4v) is 3.35. The summed E-state index contributed by atoms with van der Waals surface area (Å²) in [4.78, 5) is 25.7. The molecule has 0 spiro atoms. The monoisotopic (exact) mass is 369 g/mol. The predicted molar refractivity (Wildman–Crippen MR) is 103 cm³/mol. The molecule has 3 rings (SSSR count). The van der Waals surface area contributed by atoms with Crippen LogP contribution in [0.5, 0.6) is 5.75 Å². The normalized spacial score (nSPS) is 13.9. The molecule has 1 aliphatic heterocycles. The number of nitrogens with one attached hydrogen (secondary N) is 1. The molecule has 0 atom stereocenters. The summed E-state index contributed by atoms with van der Waals surface area (Å²) in [6.45, 7) is 1.99. The second-order valence-corrected chi connectivity index (χ2v) is 6.50. The second-order valence-electron chi connectivity index (χ2n) is 6.50. The highest BCUT2D eigenvalue weighted by atomic mass is 16.6. The lowest BCUT2D eigenvalue weighted by molar-refractivity contribution is -0.384. The van der Waals surface area contributed by atoms with E-state index in [-0.39, 0.29) is 18.1 Å². The van der Waals surface area contributed by atoms with Gasteiger partial charge in [-0.3, -0.25) is 14.9 Å². The summed E-state index contributed by atoms with van der Waals surface area (Å²) in [5.74, 6) is 0.360. The van der Waals surface area contributed by atoms with E-state index in [0.29, 0.717) is 11.3 Å². The van der Waals surface area contributed by atoms with Crippen molar-refractivity contribution < 1.29 is 14.5 Å². The van der Waals surface area contributed by atoms with E-state index in [4.69, 9.17) is 4.74 Å². The highest BCUT2D eigenvalue weighted by Gasteiger charge is 2.22. The molecular weight excluding hydrogens is 346 g/mol. The number of nitro benzene ring substituents is 1. The molecule has 1 heterocycles. The molecular formula is C20H23N3O4. The number of nitro groups is 1. The summed E-state index contributed by atoms with van der Waals surface area (Å²) in [5, 5.41) is 14.0. The molecule has 0 unspecified atom stereocenters. The quantitative estimate of drug-likeness (QED) is 0.622. The van der Waals surface area contributed by atoms with Crippen molar-refractivity contribution in [1.82, 2.24) is 5.32 Å². The number of benzene rings is 2. The van der Waals surface area contributed by atoms with E-state index in [2.05, 4.69) is 10.2 Å². The number of carbonyl (C=O) groups excluding carboxylic acids is 1. The first-order chi connectivity index (χ1) is 13.1. The van der Waals surface area contributed by atoms with Crippen LogP contribution in [0.25, 0.3) is 0 Å². The van der Waals surface area contributed by atoms with Crippen LogP contribution in [0.3, 0.4) is 0 Å². The fraction of sp³-hybridized carbons (Fsp3) is 0.350. The Hall–Kier alpha value is -3.09. The number of non-ortho nitro benzene ring substituents is 1. The van der Waals surface area contributed by atoms with Gasteiger partial charge in [-0.1, -0.05) is 18.2 Å². The van der Waals surface area contributed by atoms with Crippen molar-refractivity contribution in [1.29, 1.82) is 0 Å². The molecule has 2 aromatic carbocycles. The molecule has 0 aliphatic carbocycles. The summed E-state index contributed by atoms with van der Waals surface area (Å²) in [6, 6.07) is 11.9. The molecule has 7 nitrogen and oxygen atoms in total. The van der Waals surface area contributed by atoms with Crippen molar-refractivity contribution in [3.05, 3.63) is 63.7 Å². The summed E-state index contributed by atoms with van der Waals surface area (Å²) in [5.41, 5.74) is 1.84. The van der Waals surface area contributed by atoms with E-state index >= 15 is 0 Å². The summed E-state index contributed by atoms with van der Waals surface area (Å²) in [6.07, 6.45) is 3.28. The Balaban J connectivity index is 1.84. The molecule has 142 valence electrons. The van der Waals surface area contributed by atoms with Crippen molar-refractivity contribution in [3.63, 3.8) is 0 Å². The smallest absolute Gasteiger partial charge is 0.270 e. The van der Waals surface area contributed by atoms with Crippen LogP contribution in [0.2, 0.25) is 0 Å². The van der Waals surface area contributed by atoms with E-state index in [1.54, 1.807) is 13.2 Å². The van der Waals surface area contributed by atoms with Crippen molar-refractivity contribution in [2.24, 2.45) is 0 Å². The number of anilines is 1. The molecule has 0 bridgehead atoms. The van der Waals surface area contributed by atoms with Crippen LogP contribution in [-0.2, 0) is 6.54 Å². The van der Waals surface area contributed by atoms with Crippen LogP contribution in [0.15, 0.2) is 42.5 Å². The summed E-state index contributed by atoms with van der Waals surface area (Å²) < 4.78 is 5.30. The van der Waals surface area contributed by atoms with E-state index in [9.17, 15) is 14.9 Å². The van der Waals surface area contributed by atoms with Gasteiger partial charge in [-0.25, -0.2) is 0 Å². The Bertz CT molecular complexity index is 832. The Labute approximate surface area is 158 Å². The second kappa shape index (κ2) is 8.53. The van der Waals surface area contributed by atoms with E-state index in [1.165, 1.54) is 18.6 Å². The van der Waals surface area contributed by atoms with Gasteiger partial charge in [-0.2, -0.15) is 0 Å². The average molecular weight is 369 g/mol. The molecule has 1 aliphatic rings. The number of rotatable bonds is 6. The molecule has 7 heteroatoms. The van der Waals surface area contributed by atoms with Gasteiger partial charge in [0, 0.05) is 37.3 Å². The topological polar surface area (TPSA) is 84.7 Å². The van der Waals surface area contributed by atoms with Gasteiger partial charge in [-0.15, -0.1) is 0 Å². The molecule has 0 saturated carbocycles. The summed E-state index contributed by atoms with van der Waals surface area (Å²) in [7, 11) is 1.58. The fourth-order valence-electron chi connectivity index (χ4n) is 3.35. The van der Waals surface area contributed by atoms with Gasteiger partial charge in [-0.05, 0) is 31.4 Å². The Morgan fingerprint density at radius 3 is 2.63 bits per heavy atom. The average Bonchev–Trinajstić information content (AvgIpc) is 2.72. The number of para-hydroxylation sites is 1. The lowest BCUT2D eigenvalue weighted by Gasteiger charge is -2.30. The standard InChI is InChI=1S/C20H23N3O4/c1-27-19-8-4-3-7-15(19)14-21-20(24)17-13-16(23(25)26)9-10-18(17)22-11-5-2-6-12-22/h3-4,7-10,13H,2,5-6,11-12,14H2,1H3,(H,21,24). The van der Waals surface area contributed by atoms with Crippen molar-refractivity contribution >= 4 is 17.3 Å². The van der Waals surface area contributed by atoms with E-state index in [0.717, 1.165) is 37.2 Å². The minimum Gasteiger partial charge on any atom is -0.496 e. The highest BCUT2D eigenvalue weighted by Crippen LogP contribution is 2.28. The number of carbonyl (C=O) groups is 1. The Kier molecular flexibility index (Phi) is 5.90. The maximum Gasteiger partial charge on any atom is 0.270 e. The molecule has 1 saturated heterocycles. The zero-order valence-corrected chi connectivity index (χ0v) is 15.3. The number of piperidine rings is 1. The first-order valence-corrected chi connectivity index (χ1v) is 9.03. The third kappa shape index (κ3) is 4.36. The van der Waals surface area contributed by atoms with Crippen molar-refractivity contribution in [2.45, 2.75) is 25.8 Å². The molecule has 2 aromatic rings. The molecule has 27 heavy (non-hydrogen) atoms. The first-order valence-electron chi connectivity index (χ1n) is 9.03.